The molecule has 3 aromatic carbocycles. The fourth-order valence-electron chi connectivity index (χ4n) is 3.55. The highest BCUT2D eigenvalue weighted by Gasteiger charge is 2.23. The van der Waals surface area contributed by atoms with Crippen LogP contribution in [0.5, 0.6) is 0 Å². The molecule has 0 aliphatic carbocycles. The Morgan fingerprint density at radius 3 is 2.50 bits per heavy atom. The Morgan fingerprint density at radius 1 is 1.06 bits per heavy atom. The zero-order valence-corrected chi connectivity index (χ0v) is 20.4. The summed E-state index contributed by atoms with van der Waals surface area (Å²) < 4.78 is 0. The van der Waals surface area contributed by atoms with Crippen molar-refractivity contribution >= 4 is 58.6 Å². The molecular formula is C25H27N3O4S2. The van der Waals surface area contributed by atoms with Crippen molar-refractivity contribution in [1.82, 2.24) is 5.32 Å². The zero-order chi connectivity index (χ0) is 24.7. The van der Waals surface area contributed by atoms with Crippen molar-refractivity contribution in [1.29, 1.82) is 0 Å². The molecule has 9 heteroatoms. The van der Waals surface area contributed by atoms with Crippen LogP contribution in [0.4, 0.5) is 5.69 Å². The highest BCUT2D eigenvalue weighted by molar-refractivity contribution is 7.98. The Morgan fingerprint density at radius 2 is 1.79 bits per heavy atom. The lowest BCUT2D eigenvalue weighted by atomic mass is 9.93. The van der Waals surface area contributed by atoms with E-state index in [2.05, 4.69) is 23.3 Å². The first-order chi connectivity index (χ1) is 16.3. The molecule has 0 spiro atoms. The number of aliphatic carboxylic acids is 1. The number of thiol groups is 1. The van der Waals surface area contributed by atoms with Crippen molar-refractivity contribution in [2.24, 2.45) is 5.73 Å². The van der Waals surface area contributed by atoms with Gasteiger partial charge in [-0.25, -0.2) is 4.79 Å². The second-order valence-corrected chi connectivity index (χ2v) is 9.06. The standard InChI is InChI=1S/C25H27N3O4S2/c1-34-12-11-22(25(31)32)28-23(29)19-10-9-16(27-24(30)21(26)14-33)13-20(19)18-8-4-6-15-5-2-3-7-17(15)18/h2-10,13,21-22,33H,11-12,14,26H2,1H3,(H,27,30)(H,28,29)(H,31,32)/t21-,22-/m0/s1. The molecule has 178 valence electrons. The van der Waals surface area contributed by atoms with Gasteiger partial charge in [0, 0.05) is 17.0 Å². The summed E-state index contributed by atoms with van der Waals surface area (Å²) in [5.41, 5.74) is 7.91. The molecule has 5 N–H and O–H groups in total. The Balaban J connectivity index is 2.07. The van der Waals surface area contributed by atoms with Crippen LogP contribution in [0.15, 0.2) is 60.7 Å². The van der Waals surface area contributed by atoms with Gasteiger partial charge in [-0.05, 0) is 58.5 Å². The summed E-state index contributed by atoms with van der Waals surface area (Å²) in [7, 11) is 0. The topological polar surface area (TPSA) is 122 Å². The van der Waals surface area contributed by atoms with Gasteiger partial charge in [0.05, 0.1) is 6.04 Å². The fourth-order valence-corrected chi connectivity index (χ4v) is 4.19. The van der Waals surface area contributed by atoms with E-state index in [4.69, 9.17) is 5.73 Å². The van der Waals surface area contributed by atoms with Gasteiger partial charge < -0.3 is 21.5 Å². The molecule has 2 atom stereocenters. The molecule has 0 saturated carbocycles. The van der Waals surface area contributed by atoms with Crippen molar-refractivity contribution in [2.75, 3.05) is 23.1 Å². The zero-order valence-electron chi connectivity index (χ0n) is 18.7. The maximum absolute atomic E-state index is 13.2. The summed E-state index contributed by atoms with van der Waals surface area (Å²) in [6, 6.07) is 16.6. The average Bonchev–Trinajstić information content (AvgIpc) is 2.85. The monoisotopic (exact) mass is 497 g/mol. The van der Waals surface area contributed by atoms with E-state index >= 15 is 0 Å². The summed E-state index contributed by atoms with van der Waals surface area (Å²) in [5.74, 6) is -1.18. The minimum atomic E-state index is -1.08. The molecule has 7 nitrogen and oxygen atoms in total. The van der Waals surface area contributed by atoms with Crippen molar-refractivity contribution in [3.8, 4) is 11.1 Å². The van der Waals surface area contributed by atoms with E-state index in [9.17, 15) is 19.5 Å². The number of nitrogens with two attached hydrogens (primary N) is 1. The van der Waals surface area contributed by atoms with Crippen LogP contribution in [-0.4, -0.2) is 52.7 Å². The molecule has 3 aromatic rings. The number of rotatable bonds is 10. The highest BCUT2D eigenvalue weighted by Crippen LogP contribution is 2.33. The minimum absolute atomic E-state index is 0.190. The first-order valence-corrected chi connectivity index (χ1v) is 12.7. The van der Waals surface area contributed by atoms with Crippen LogP contribution in [0.1, 0.15) is 16.8 Å². The van der Waals surface area contributed by atoms with Crippen LogP contribution in [0.25, 0.3) is 21.9 Å². The summed E-state index contributed by atoms with van der Waals surface area (Å²) in [5, 5.41) is 16.9. The third kappa shape index (κ3) is 6.11. The second kappa shape index (κ2) is 11.9. The van der Waals surface area contributed by atoms with Crippen LogP contribution in [0, 0.1) is 0 Å². The number of thioether (sulfide) groups is 1. The largest absolute Gasteiger partial charge is 0.480 e. The molecule has 0 radical (unpaired) electrons. The third-order valence-corrected chi connectivity index (χ3v) is 6.40. The first kappa shape index (κ1) is 25.6. The molecule has 0 saturated heterocycles. The fraction of sp³-hybridized carbons (Fsp3) is 0.240. The maximum Gasteiger partial charge on any atom is 0.326 e. The van der Waals surface area contributed by atoms with E-state index in [1.54, 1.807) is 18.2 Å². The van der Waals surface area contributed by atoms with Crippen LogP contribution in [-0.2, 0) is 9.59 Å². The predicted molar refractivity (Wildman–Crippen MR) is 142 cm³/mol. The predicted octanol–water partition coefficient (Wildman–Crippen LogP) is 3.64. The SMILES string of the molecule is CSCC[C@H](NC(=O)c1ccc(NC(=O)[C@@H](N)CS)cc1-c1cccc2ccccc12)C(=O)O. The number of hydrogen-bond donors (Lipinski definition) is 5. The summed E-state index contributed by atoms with van der Waals surface area (Å²) >= 11 is 5.58. The van der Waals surface area contributed by atoms with Crippen molar-refractivity contribution < 1.29 is 19.5 Å². The van der Waals surface area contributed by atoms with Crippen LogP contribution in [0.3, 0.4) is 0 Å². The third-order valence-electron chi connectivity index (χ3n) is 5.36. The van der Waals surface area contributed by atoms with E-state index < -0.39 is 24.0 Å². The molecule has 0 aromatic heterocycles. The van der Waals surface area contributed by atoms with E-state index in [1.165, 1.54) is 11.8 Å². The molecule has 2 amide bonds. The van der Waals surface area contributed by atoms with Crippen LogP contribution in [0.2, 0.25) is 0 Å². The van der Waals surface area contributed by atoms with E-state index in [0.717, 1.165) is 16.3 Å². The molecular weight excluding hydrogens is 470 g/mol. The Kier molecular flexibility index (Phi) is 8.98. The van der Waals surface area contributed by atoms with Crippen molar-refractivity contribution in [3.63, 3.8) is 0 Å². The van der Waals surface area contributed by atoms with Crippen molar-refractivity contribution in [2.45, 2.75) is 18.5 Å². The van der Waals surface area contributed by atoms with Gasteiger partial charge in [0.25, 0.3) is 5.91 Å². The summed E-state index contributed by atoms with van der Waals surface area (Å²) in [6.07, 6.45) is 2.19. The Labute approximate surface area is 207 Å². The lowest BCUT2D eigenvalue weighted by Crippen LogP contribution is -2.41. The van der Waals surface area contributed by atoms with E-state index in [-0.39, 0.29) is 11.7 Å². The number of benzene rings is 3. The van der Waals surface area contributed by atoms with E-state index in [1.807, 2.05) is 48.7 Å². The minimum Gasteiger partial charge on any atom is -0.480 e. The summed E-state index contributed by atoms with van der Waals surface area (Å²) in [6.45, 7) is 0. The quantitative estimate of drug-likeness (QED) is 0.273. The smallest absolute Gasteiger partial charge is 0.326 e. The number of carboxylic acid groups (broad SMARTS) is 1. The Hall–Kier alpha value is -3.01. The van der Waals surface area contributed by atoms with Gasteiger partial charge in [-0.15, -0.1) is 0 Å². The van der Waals surface area contributed by atoms with Gasteiger partial charge in [0.2, 0.25) is 5.91 Å². The Bertz CT molecular complexity index is 1200. The van der Waals surface area contributed by atoms with Gasteiger partial charge in [-0.1, -0.05) is 42.5 Å². The van der Waals surface area contributed by atoms with Crippen molar-refractivity contribution in [3.05, 3.63) is 66.2 Å². The average molecular weight is 498 g/mol. The number of carbonyl (C=O) groups is 3. The van der Waals surface area contributed by atoms with Crippen LogP contribution < -0.4 is 16.4 Å². The van der Waals surface area contributed by atoms with Gasteiger partial charge in [0.1, 0.15) is 6.04 Å². The van der Waals surface area contributed by atoms with Gasteiger partial charge in [-0.2, -0.15) is 24.4 Å². The van der Waals surface area contributed by atoms with Gasteiger partial charge >= 0.3 is 5.97 Å². The molecule has 0 unspecified atom stereocenters. The highest BCUT2D eigenvalue weighted by atomic mass is 32.2. The molecule has 3 rings (SSSR count). The van der Waals surface area contributed by atoms with Crippen LogP contribution >= 0.6 is 24.4 Å². The lowest BCUT2D eigenvalue weighted by molar-refractivity contribution is -0.139. The molecule has 0 bridgehead atoms. The molecule has 34 heavy (non-hydrogen) atoms. The molecule has 0 fully saturated rings. The molecule has 0 aliphatic heterocycles. The number of carbonyl (C=O) groups excluding carboxylic acids is 2. The lowest BCUT2D eigenvalue weighted by Gasteiger charge is -2.18. The molecule has 0 aliphatic rings. The normalized spacial score (nSPS) is 12.7. The maximum atomic E-state index is 13.2. The van der Waals surface area contributed by atoms with Gasteiger partial charge in [0.15, 0.2) is 0 Å². The van der Waals surface area contributed by atoms with Gasteiger partial charge in [-0.3, -0.25) is 9.59 Å². The number of anilines is 1. The summed E-state index contributed by atoms with van der Waals surface area (Å²) in [4.78, 5) is 37.2. The first-order valence-electron chi connectivity index (χ1n) is 10.7. The number of fused-ring (bicyclic) bond motifs is 1. The number of nitrogens with one attached hydrogen (secondary N) is 2. The number of amides is 2. The number of hydrogen-bond acceptors (Lipinski definition) is 6. The van der Waals surface area contributed by atoms with E-state index in [0.29, 0.717) is 29.0 Å². The second-order valence-electron chi connectivity index (χ2n) is 7.71. The molecule has 0 heterocycles. The number of carboxylic acids is 1.